The third kappa shape index (κ3) is 3.47. The molecule has 1 aliphatic rings. The molecule has 0 aromatic heterocycles. The fourth-order valence-electron chi connectivity index (χ4n) is 2.25. The van der Waals surface area contributed by atoms with Crippen LogP contribution in [0.1, 0.15) is 17.5 Å². The second-order valence-electron chi connectivity index (χ2n) is 4.63. The van der Waals surface area contributed by atoms with E-state index in [1.54, 1.807) is 4.90 Å². The number of benzene rings is 1. The number of nitrogens with two attached hydrogens (primary N) is 1. The monoisotopic (exact) mass is 343 g/mol. The summed E-state index contributed by atoms with van der Waals surface area (Å²) in [6.07, 6.45) is 0.789. The van der Waals surface area contributed by atoms with Crippen molar-refractivity contribution in [3.8, 4) is 0 Å². The summed E-state index contributed by atoms with van der Waals surface area (Å²) in [5.41, 5.74) is 6.42. The Labute approximate surface area is 124 Å². The molecular weight excluding hydrogens is 329 g/mol. The Morgan fingerprint density at radius 3 is 2.90 bits per heavy atom. The lowest BCUT2D eigenvalue weighted by molar-refractivity contribution is -0.132. The smallest absolute Gasteiger partial charge is 0.312 e. The van der Waals surface area contributed by atoms with E-state index in [9.17, 15) is 14.0 Å². The first-order valence-electron chi connectivity index (χ1n) is 6.25. The molecule has 0 aliphatic carbocycles. The molecule has 1 aliphatic heterocycles. The molecule has 0 fully saturated rings. The number of carbonyl (C=O) groups is 2. The lowest BCUT2D eigenvalue weighted by Crippen LogP contribution is -2.39. The van der Waals surface area contributed by atoms with E-state index in [0.717, 1.165) is 5.56 Å². The Kier molecular flexibility index (Phi) is 4.59. The van der Waals surface area contributed by atoms with Gasteiger partial charge in [0.1, 0.15) is 5.82 Å². The van der Waals surface area contributed by atoms with Crippen LogP contribution in [0.15, 0.2) is 16.6 Å². The van der Waals surface area contributed by atoms with Gasteiger partial charge in [-0.25, -0.2) is 9.18 Å². The van der Waals surface area contributed by atoms with E-state index in [1.165, 1.54) is 6.07 Å². The maximum Gasteiger partial charge on any atom is 0.312 e. The molecule has 0 unspecified atom stereocenters. The van der Waals surface area contributed by atoms with Crippen molar-refractivity contribution >= 4 is 27.9 Å². The topological polar surface area (TPSA) is 75.4 Å². The van der Waals surface area contributed by atoms with Crippen molar-refractivity contribution in [2.75, 3.05) is 13.1 Å². The van der Waals surface area contributed by atoms with E-state index in [2.05, 4.69) is 21.2 Å². The van der Waals surface area contributed by atoms with E-state index in [0.29, 0.717) is 23.0 Å². The van der Waals surface area contributed by atoms with Gasteiger partial charge in [-0.05, 0) is 24.1 Å². The summed E-state index contributed by atoms with van der Waals surface area (Å²) in [4.78, 5) is 24.1. The first-order valence-corrected chi connectivity index (χ1v) is 7.04. The Morgan fingerprint density at radius 1 is 1.45 bits per heavy atom. The maximum absolute atomic E-state index is 13.9. The summed E-state index contributed by atoms with van der Waals surface area (Å²) in [5, 5.41) is 2.36. The minimum Gasteiger partial charge on any atom is -0.352 e. The highest BCUT2D eigenvalue weighted by atomic mass is 79.9. The summed E-state index contributed by atoms with van der Waals surface area (Å²) >= 11 is 3.26. The Hall–Kier alpha value is -1.63. The number of nitrogens with one attached hydrogen (secondary N) is 1. The predicted octanol–water partition coefficient (Wildman–Crippen LogP) is 1.53. The van der Waals surface area contributed by atoms with Gasteiger partial charge >= 0.3 is 6.03 Å². The Balaban J connectivity index is 2.00. The van der Waals surface area contributed by atoms with Crippen LogP contribution in [0.5, 0.6) is 0 Å². The Bertz CT molecular complexity index is 551. The van der Waals surface area contributed by atoms with Gasteiger partial charge in [0.25, 0.3) is 0 Å². The van der Waals surface area contributed by atoms with Gasteiger partial charge < -0.3 is 16.0 Å². The fourth-order valence-corrected chi connectivity index (χ4v) is 2.72. The minimum atomic E-state index is -0.655. The van der Waals surface area contributed by atoms with Crippen molar-refractivity contribution in [1.29, 1.82) is 0 Å². The highest BCUT2D eigenvalue weighted by Gasteiger charge is 2.23. The van der Waals surface area contributed by atoms with Crippen molar-refractivity contribution in [2.24, 2.45) is 5.73 Å². The number of urea groups is 1. The number of fused-ring (bicyclic) bond motifs is 1. The summed E-state index contributed by atoms with van der Waals surface area (Å²) in [5.74, 6) is -0.422. The highest BCUT2D eigenvalue weighted by Crippen LogP contribution is 2.26. The number of carbonyl (C=O) groups excluding carboxylic acids is 2. The molecule has 108 valence electrons. The molecule has 0 bridgehead atoms. The summed E-state index contributed by atoms with van der Waals surface area (Å²) < 4.78 is 14.6. The quantitative estimate of drug-likeness (QED) is 0.873. The van der Waals surface area contributed by atoms with E-state index in [1.807, 2.05) is 6.07 Å². The third-order valence-corrected chi connectivity index (χ3v) is 3.70. The number of rotatable bonds is 3. The molecule has 0 radical (unpaired) electrons. The molecule has 1 heterocycles. The molecule has 2 rings (SSSR count). The fraction of sp³-hybridized carbons (Fsp3) is 0.385. The van der Waals surface area contributed by atoms with Gasteiger partial charge in [0, 0.05) is 36.1 Å². The molecule has 0 spiro atoms. The minimum absolute atomic E-state index is 0.119. The molecule has 0 atom stereocenters. The number of nitrogens with zero attached hydrogens (tertiary/aromatic N) is 1. The van der Waals surface area contributed by atoms with E-state index in [-0.39, 0.29) is 31.2 Å². The van der Waals surface area contributed by atoms with Crippen LogP contribution in [-0.4, -0.2) is 29.9 Å². The number of halogens is 2. The normalized spacial score (nSPS) is 13.8. The second-order valence-corrected chi connectivity index (χ2v) is 5.55. The van der Waals surface area contributed by atoms with E-state index in [4.69, 9.17) is 5.73 Å². The first kappa shape index (κ1) is 14.8. The van der Waals surface area contributed by atoms with Gasteiger partial charge in [-0.2, -0.15) is 0 Å². The van der Waals surface area contributed by atoms with Crippen LogP contribution in [0.2, 0.25) is 0 Å². The van der Waals surface area contributed by atoms with Crippen LogP contribution in [0, 0.1) is 5.82 Å². The van der Waals surface area contributed by atoms with Crippen molar-refractivity contribution < 1.29 is 14.0 Å². The molecule has 1 aromatic rings. The van der Waals surface area contributed by atoms with Crippen LogP contribution in [0.4, 0.5) is 9.18 Å². The summed E-state index contributed by atoms with van der Waals surface area (Å²) in [7, 11) is 0. The molecule has 3 N–H and O–H groups in total. The van der Waals surface area contributed by atoms with E-state index >= 15 is 0 Å². The molecule has 1 aromatic carbocycles. The standard InChI is InChI=1S/C13H15BrFN3O2/c14-9-5-8-2-4-18(7-10(8)11(15)6-9)12(19)1-3-17-13(16)20/h5-6H,1-4,7H2,(H3,16,17,20). The molecule has 7 heteroatoms. The van der Waals surface area contributed by atoms with Crippen LogP contribution >= 0.6 is 15.9 Å². The number of primary amides is 1. The van der Waals surface area contributed by atoms with Crippen molar-refractivity contribution in [3.63, 3.8) is 0 Å². The van der Waals surface area contributed by atoms with Crippen LogP contribution in [0.25, 0.3) is 0 Å². The first-order chi connectivity index (χ1) is 9.47. The van der Waals surface area contributed by atoms with Crippen LogP contribution < -0.4 is 11.1 Å². The van der Waals surface area contributed by atoms with Gasteiger partial charge in [0.05, 0.1) is 0 Å². The van der Waals surface area contributed by atoms with Gasteiger partial charge in [-0.3, -0.25) is 4.79 Å². The molecule has 3 amide bonds. The molecular formula is C13H15BrFN3O2. The number of amides is 3. The summed E-state index contributed by atoms with van der Waals surface area (Å²) in [6.45, 7) is 1.02. The SMILES string of the molecule is NC(=O)NCCC(=O)N1CCc2cc(Br)cc(F)c2C1. The van der Waals surface area contributed by atoms with Gasteiger partial charge in [-0.15, -0.1) is 0 Å². The lowest BCUT2D eigenvalue weighted by Gasteiger charge is -2.29. The zero-order valence-electron chi connectivity index (χ0n) is 10.8. The number of hydrogen-bond acceptors (Lipinski definition) is 2. The lowest BCUT2D eigenvalue weighted by atomic mass is 9.99. The van der Waals surface area contributed by atoms with Crippen LogP contribution in [0.3, 0.4) is 0 Å². The van der Waals surface area contributed by atoms with Gasteiger partial charge in [0.2, 0.25) is 5.91 Å². The maximum atomic E-state index is 13.9. The average molecular weight is 344 g/mol. The third-order valence-electron chi connectivity index (χ3n) is 3.24. The van der Waals surface area contributed by atoms with Crippen molar-refractivity contribution in [1.82, 2.24) is 10.2 Å². The highest BCUT2D eigenvalue weighted by molar-refractivity contribution is 9.10. The average Bonchev–Trinajstić information content (AvgIpc) is 2.37. The number of hydrogen-bond donors (Lipinski definition) is 2. The Morgan fingerprint density at radius 2 is 2.20 bits per heavy atom. The zero-order valence-corrected chi connectivity index (χ0v) is 12.4. The van der Waals surface area contributed by atoms with Gasteiger partial charge in [-0.1, -0.05) is 15.9 Å². The van der Waals surface area contributed by atoms with Crippen molar-refractivity contribution in [3.05, 3.63) is 33.5 Å². The van der Waals surface area contributed by atoms with Crippen LogP contribution in [-0.2, 0) is 17.8 Å². The largest absolute Gasteiger partial charge is 0.352 e. The molecule has 20 heavy (non-hydrogen) atoms. The molecule has 0 saturated carbocycles. The molecule has 5 nitrogen and oxygen atoms in total. The predicted molar refractivity (Wildman–Crippen MR) is 75.4 cm³/mol. The van der Waals surface area contributed by atoms with Crippen molar-refractivity contribution in [2.45, 2.75) is 19.4 Å². The second kappa shape index (κ2) is 6.21. The summed E-state index contributed by atoms with van der Waals surface area (Å²) in [6, 6.07) is 2.63. The van der Waals surface area contributed by atoms with Gasteiger partial charge in [0.15, 0.2) is 0 Å². The zero-order chi connectivity index (χ0) is 14.7. The van der Waals surface area contributed by atoms with E-state index < -0.39 is 6.03 Å². The molecule has 0 saturated heterocycles.